The minimum Gasteiger partial charge on any atom is -0.456 e. The van der Waals surface area contributed by atoms with Crippen LogP contribution in [0.4, 0.5) is 0 Å². The van der Waals surface area contributed by atoms with Crippen molar-refractivity contribution in [3.05, 3.63) is 40.3 Å². The molecule has 0 radical (unpaired) electrons. The lowest BCUT2D eigenvalue weighted by Crippen LogP contribution is -2.38. The van der Waals surface area contributed by atoms with Gasteiger partial charge >= 0.3 is 5.97 Å². The van der Waals surface area contributed by atoms with Gasteiger partial charge in [-0.2, -0.15) is 0 Å². The van der Waals surface area contributed by atoms with E-state index in [2.05, 4.69) is 17.2 Å². The number of unbranched alkanes of at least 4 members (excludes halogenated alkanes) is 1. The van der Waals surface area contributed by atoms with E-state index in [0.29, 0.717) is 12.2 Å². The predicted molar refractivity (Wildman–Crippen MR) is 115 cm³/mol. The Morgan fingerprint density at radius 2 is 1.97 bits per heavy atom. The molecule has 1 aromatic carbocycles. The number of fused-ring (bicyclic) bond motifs is 1. The van der Waals surface area contributed by atoms with Crippen molar-refractivity contribution in [1.82, 2.24) is 14.9 Å². The zero-order valence-electron chi connectivity index (χ0n) is 17.7. The van der Waals surface area contributed by atoms with E-state index in [-0.39, 0.29) is 37.0 Å². The van der Waals surface area contributed by atoms with Crippen molar-refractivity contribution < 1.29 is 14.3 Å². The number of amides is 1. The summed E-state index contributed by atoms with van der Waals surface area (Å²) < 4.78 is 6.84. The van der Waals surface area contributed by atoms with Gasteiger partial charge in [-0.25, -0.2) is 4.98 Å². The third-order valence-electron chi connectivity index (χ3n) is 5.56. The van der Waals surface area contributed by atoms with Crippen LogP contribution in [-0.4, -0.2) is 34.1 Å². The molecule has 1 amide bonds. The molecule has 1 aliphatic carbocycles. The molecular formula is C23H31N3O4. The molecule has 0 unspecified atom stereocenters. The number of esters is 1. The Balaban J connectivity index is 1.56. The van der Waals surface area contributed by atoms with Crippen LogP contribution in [-0.2, 0) is 27.3 Å². The Morgan fingerprint density at radius 1 is 1.20 bits per heavy atom. The Hall–Kier alpha value is -2.70. The number of rotatable bonds is 9. The van der Waals surface area contributed by atoms with Crippen molar-refractivity contribution in [2.24, 2.45) is 0 Å². The summed E-state index contributed by atoms with van der Waals surface area (Å²) in [6, 6.07) is 7.72. The van der Waals surface area contributed by atoms with E-state index in [0.717, 1.165) is 49.6 Å². The number of nitrogens with zero attached hydrogens (tertiary/aromatic N) is 2. The van der Waals surface area contributed by atoms with Gasteiger partial charge in [-0.1, -0.05) is 44.7 Å². The molecule has 7 nitrogen and oxygen atoms in total. The van der Waals surface area contributed by atoms with Gasteiger partial charge in [0.25, 0.3) is 11.5 Å². The zero-order valence-corrected chi connectivity index (χ0v) is 17.7. The molecule has 0 spiro atoms. The van der Waals surface area contributed by atoms with Crippen LogP contribution in [0.2, 0.25) is 0 Å². The van der Waals surface area contributed by atoms with Crippen LogP contribution in [0.5, 0.6) is 0 Å². The van der Waals surface area contributed by atoms with Crippen LogP contribution < -0.4 is 10.9 Å². The molecule has 162 valence electrons. The lowest BCUT2D eigenvalue weighted by atomic mass is 9.95. The van der Waals surface area contributed by atoms with Crippen molar-refractivity contribution in [2.45, 2.75) is 77.3 Å². The van der Waals surface area contributed by atoms with E-state index >= 15 is 0 Å². The number of benzene rings is 1. The third kappa shape index (κ3) is 5.90. The monoisotopic (exact) mass is 413 g/mol. The molecule has 0 saturated heterocycles. The first-order valence-electron chi connectivity index (χ1n) is 11.0. The van der Waals surface area contributed by atoms with Gasteiger partial charge in [0, 0.05) is 19.0 Å². The Kier molecular flexibility index (Phi) is 7.99. The molecular weight excluding hydrogens is 382 g/mol. The topological polar surface area (TPSA) is 90.3 Å². The fourth-order valence-corrected chi connectivity index (χ4v) is 3.90. The van der Waals surface area contributed by atoms with Gasteiger partial charge in [0.1, 0.15) is 5.69 Å². The Morgan fingerprint density at radius 3 is 2.73 bits per heavy atom. The van der Waals surface area contributed by atoms with Crippen LogP contribution in [0.15, 0.2) is 29.1 Å². The summed E-state index contributed by atoms with van der Waals surface area (Å²) in [6.07, 6.45) is 7.52. The molecule has 7 heteroatoms. The second-order valence-electron chi connectivity index (χ2n) is 7.92. The lowest BCUT2D eigenvalue weighted by molar-refractivity contribution is -0.148. The minimum atomic E-state index is -0.497. The molecule has 1 saturated carbocycles. The molecule has 1 aliphatic rings. The Labute approximate surface area is 176 Å². The van der Waals surface area contributed by atoms with Crippen molar-refractivity contribution in [1.29, 1.82) is 0 Å². The van der Waals surface area contributed by atoms with E-state index in [4.69, 9.17) is 4.74 Å². The normalized spacial score (nSPS) is 14.6. The Bertz CT molecular complexity index is 932. The summed E-state index contributed by atoms with van der Waals surface area (Å²) in [6.45, 7) is 2.42. The smallest absolute Gasteiger partial charge is 0.306 e. The first-order chi connectivity index (χ1) is 14.6. The molecule has 1 N–H and O–H groups in total. The van der Waals surface area contributed by atoms with Gasteiger partial charge in [0.15, 0.2) is 6.61 Å². The molecule has 0 bridgehead atoms. The number of hydrogen-bond acceptors (Lipinski definition) is 5. The highest BCUT2D eigenvalue weighted by Crippen LogP contribution is 2.17. The molecule has 0 atom stereocenters. The van der Waals surface area contributed by atoms with E-state index in [1.807, 2.05) is 24.3 Å². The quantitative estimate of drug-likeness (QED) is 0.638. The number of hydrogen-bond donors (Lipinski definition) is 1. The van der Waals surface area contributed by atoms with Gasteiger partial charge < -0.3 is 14.6 Å². The van der Waals surface area contributed by atoms with Gasteiger partial charge in [-0.15, -0.1) is 0 Å². The van der Waals surface area contributed by atoms with Gasteiger partial charge in [-0.05, 0) is 31.4 Å². The maximum absolute atomic E-state index is 12.9. The van der Waals surface area contributed by atoms with Crippen LogP contribution in [0, 0.1) is 0 Å². The number of carbonyl (C=O) groups is 2. The average Bonchev–Trinajstić information content (AvgIpc) is 2.76. The van der Waals surface area contributed by atoms with Gasteiger partial charge in [-0.3, -0.25) is 14.4 Å². The number of aryl methyl sites for hydroxylation is 2. The maximum Gasteiger partial charge on any atom is 0.306 e. The van der Waals surface area contributed by atoms with Gasteiger partial charge in [0.05, 0.1) is 17.5 Å². The summed E-state index contributed by atoms with van der Waals surface area (Å²) in [4.78, 5) is 41.4. The number of ether oxygens (including phenoxy) is 1. The molecule has 2 aromatic rings. The predicted octanol–water partition coefficient (Wildman–Crippen LogP) is 3.12. The van der Waals surface area contributed by atoms with Crippen molar-refractivity contribution in [3.8, 4) is 0 Å². The lowest BCUT2D eigenvalue weighted by Gasteiger charge is -2.22. The van der Waals surface area contributed by atoms with Crippen molar-refractivity contribution in [3.63, 3.8) is 0 Å². The first-order valence-corrected chi connectivity index (χ1v) is 11.0. The molecule has 1 fully saturated rings. The van der Waals surface area contributed by atoms with Crippen LogP contribution >= 0.6 is 0 Å². The van der Waals surface area contributed by atoms with Crippen LogP contribution in [0.25, 0.3) is 11.0 Å². The zero-order chi connectivity index (χ0) is 21.3. The van der Waals surface area contributed by atoms with Gasteiger partial charge in [0.2, 0.25) is 0 Å². The molecule has 1 aromatic heterocycles. The fraction of sp³-hybridized carbons (Fsp3) is 0.565. The SMILES string of the molecule is CCCCn1c(=O)c(CCC(=O)OCC(=O)NC2CCCCC2)nc2ccccc21. The van der Waals surface area contributed by atoms with E-state index < -0.39 is 5.97 Å². The summed E-state index contributed by atoms with van der Waals surface area (Å²) in [7, 11) is 0. The molecule has 30 heavy (non-hydrogen) atoms. The third-order valence-corrected chi connectivity index (χ3v) is 5.56. The highest BCUT2D eigenvalue weighted by molar-refractivity contribution is 5.80. The average molecular weight is 414 g/mol. The number of nitrogens with one attached hydrogen (secondary N) is 1. The standard InChI is InChI=1S/C23H31N3O4/c1-2-3-15-26-20-12-8-7-11-18(20)25-19(23(26)29)13-14-22(28)30-16-21(27)24-17-9-5-4-6-10-17/h7-8,11-12,17H,2-6,9-10,13-16H2,1H3,(H,24,27). The fourth-order valence-electron chi connectivity index (χ4n) is 3.90. The van der Waals surface area contributed by atoms with E-state index in [9.17, 15) is 14.4 Å². The molecule has 3 rings (SSSR count). The second-order valence-corrected chi connectivity index (χ2v) is 7.92. The largest absolute Gasteiger partial charge is 0.456 e. The molecule has 1 heterocycles. The van der Waals surface area contributed by atoms with Crippen LogP contribution in [0.1, 0.15) is 64.0 Å². The van der Waals surface area contributed by atoms with E-state index in [1.165, 1.54) is 6.42 Å². The van der Waals surface area contributed by atoms with Crippen molar-refractivity contribution >= 4 is 22.9 Å². The minimum absolute atomic E-state index is 0.0189. The number of aromatic nitrogens is 2. The summed E-state index contributed by atoms with van der Waals surface area (Å²) in [5.74, 6) is -0.760. The summed E-state index contributed by atoms with van der Waals surface area (Å²) >= 11 is 0. The molecule has 0 aliphatic heterocycles. The second kappa shape index (κ2) is 10.9. The number of carbonyl (C=O) groups excluding carboxylic acids is 2. The van der Waals surface area contributed by atoms with Crippen LogP contribution in [0.3, 0.4) is 0 Å². The van der Waals surface area contributed by atoms with Crippen molar-refractivity contribution in [2.75, 3.05) is 6.61 Å². The highest BCUT2D eigenvalue weighted by Gasteiger charge is 2.17. The van der Waals surface area contributed by atoms with E-state index in [1.54, 1.807) is 4.57 Å². The first kappa shape index (κ1) is 22.0. The summed E-state index contributed by atoms with van der Waals surface area (Å²) in [5.41, 5.74) is 1.74. The number of para-hydroxylation sites is 2. The summed E-state index contributed by atoms with van der Waals surface area (Å²) in [5, 5.41) is 2.92. The highest BCUT2D eigenvalue weighted by atomic mass is 16.5. The maximum atomic E-state index is 12.9.